The van der Waals surface area contributed by atoms with Crippen molar-refractivity contribution in [1.29, 1.82) is 0 Å². The van der Waals surface area contributed by atoms with Crippen LogP contribution in [-0.4, -0.2) is 70.5 Å². The second-order valence-corrected chi connectivity index (χ2v) is 13.7. The molecular weight excluding hydrogens is 732 g/mol. The lowest BCUT2D eigenvalue weighted by Gasteiger charge is -2.32. The van der Waals surface area contributed by atoms with Crippen molar-refractivity contribution in [3.05, 3.63) is 81.6 Å². The fourth-order valence-corrected chi connectivity index (χ4v) is 7.20. The minimum absolute atomic E-state index is 0.0118. The maximum absolute atomic E-state index is 14.6. The minimum Gasteiger partial charge on any atom is -0.481 e. The SMILES string of the molecule is COc1nc(-c2ccnc(-c3cccc(Nc4nccc(CNC5CCN(C(C)=O)CC5)c4C(F)(F)F)c3Cl)c2Cl)ccc1CNCC1CCC(=O)N1. The van der Waals surface area contributed by atoms with Gasteiger partial charge in [0.15, 0.2) is 0 Å². The van der Waals surface area contributed by atoms with E-state index in [0.29, 0.717) is 73.8 Å². The molecule has 0 spiro atoms. The predicted octanol–water partition coefficient (Wildman–Crippen LogP) is 6.75. The van der Waals surface area contributed by atoms with Gasteiger partial charge in [0.2, 0.25) is 17.7 Å². The molecule has 0 saturated carbocycles. The van der Waals surface area contributed by atoms with Gasteiger partial charge in [-0.3, -0.25) is 14.6 Å². The van der Waals surface area contributed by atoms with E-state index >= 15 is 0 Å². The topological polar surface area (TPSA) is 133 Å². The van der Waals surface area contributed by atoms with Crippen LogP contribution in [0.1, 0.15) is 49.3 Å². The standard InChI is InChI=1S/C37H39Cl2F3N8O3/c1-21(51)50-16-12-24(13-17-50)46-19-22-10-14-45-35(31(22)37(40,41)42)48-29-5-3-4-27(32(29)38)34-33(39)26(11-15-44-34)28-8-6-23(36(49-28)53-2)18-43-20-25-7-9-30(52)47-25/h3-6,8,10-11,14-15,24-25,43,46H,7,9,12-13,16-20H2,1-2H3,(H,45,48)(H,47,52). The number of hydrogen-bond acceptors (Lipinski definition) is 9. The first-order valence-corrected chi connectivity index (χ1v) is 18.0. The summed E-state index contributed by atoms with van der Waals surface area (Å²) >= 11 is 13.8. The van der Waals surface area contributed by atoms with Crippen molar-refractivity contribution < 1.29 is 27.5 Å². The number of rotatable bonds is 12. The van der Waals surface area contributed by atoms with Crippen LogP contribution in [0.2, 0.25) is 10.0 Å². The van der Waals surface area contributed by atoms with Gasteiger partial charge < -0.3 is 30.9 Å². The molecule has 0 aliphatic carbocycles. The first-order valence-electron chi connectivity index (χ1n) is 17.2. The highest BCUT2D eigenvalue weighted by molar-refractivity contribution is 6.39. The van der Waals surface area contributed by atoms with Crippen molar-refractivity contribution in [3.8, 4) is 28.4 Å². The number of pyridine rings is 3. The van der Waals surface area contributed by atoms with Crippen molar-refractivity contribution in [2.45, 2.75) is 64.0 Å². The van der Waals surface area contributed by atoms with Crippen molar-refractivity contribution in [2.24, 2.45) is 0 Å². The van der Waals surface area contributed by atoms with E-state index in [1.54, 1.807) is 35.4 Å². The normalized spacial score (nSPS) is 16.5. The monoisotopic (exact) mass is 770 g/mol. The molecule has 2 saturated heterocycles. The highest BCUT2D eigenvalue weighted by Crippen LogP contribution is 2.43. The maximum atomic E-state index is 14.6. The van der Waals surface area contributed by atoms with Gasteiger partial charge in [-0.1, -0.05) is 41.4 Å². The number of benzene rings is 1. The van der Waals surface area contributed by atoms with Crippen LogP contribution < -0.4 is 26.0 Å². The molecule has 2 amide bonds. The van der Waals surface area contributed by atoms with E-state index in [-0.39, 0.29) is 51.7 Å². The average Bonchev–Trinajstić information content (AvgIpc) is 3.56. The number of carbonyl (C=O) groups is 2. The molecule has 280 valence electrons. The highest BCUT2D eigenvalue weighted by Gasteiger charge is 2.37. The number of carbonyl (C=O) groups excluding carboxylic acids is 2. The van der Waals surface area contributed by atoms with Crippen molar-refractivity contribution in [1.82, 2.24) is 35.8 Å². The number of likely N-dealkylation sites (tertiary alicyclic amines) is 1. The van der Waals surface area contributed by atoms with Crippen LogP contribution in [0.15, 0.2) is 54.9 Å². The summed E-state index contributed by atoms with van der Waals surface area (Å²) in [6, 6.07) is 11.7. The lowest BCUT2D eigenvalue weighted by Crippen LogP contribution is -2.44. The number of alkyl halides is 3. The van der Waals surface area contributed by atoms with E-state index in [0.717, 1.165) is 12.0 Å². The number of anilines is 2. The molecule has 4 aromatic rings. The van der Waals surface area contributed by atoms with Crippen molar-refractivity contribution in [3.63, 3.8) is 0 Å². The Morgan fingerprint density at radius 1 is 0.981 bits per heavy atom. The van der Waals surface area contributed by atoms with Gasteiger partial charge >= 0.3 is 6.18 Å². The molecular formula is C37H39Cl2F3N8O3. The Morgan fingerprint density at radius 2 is 1.75 bits per heavy atom. The predicted molar refractivity (Wildman–Crippen MR) is 197 cm³/mol. The van der Waals surface area contributed by atoms with Gasteiger partial charge in [0.25, 0.3) is 0 Å². The Hall–Kier alpha value is -4.50. The molecule has 2 aliphatic rings. The quantitative estimate of drug-likeness (QED) is 0.124. The minimum atomic E-state index is -4.72. The van der Waals surface area contributed by atoms with Gasteiger partial charge in [-0.2, -0.15) is 13.2 Å². The molecule has 2 aliphatic heterocycles. The van der Waals surface area contributed by atoms with Gasteiger partial charge in [-0.25, -0.2) is 9.97 Å². The number of amides is 2. The molecule has 1 aromatic carbocycles. The molecule has 0 radical (unpaired) electrons. The summed E-state index contributed by atoms with van der Waals surface area (Å²) in [5, 5.41) is 12.6. The lowest BCUT2D eigenvalue weighted by molar-refractivity contribution is -0.138. The molecule has 1 unspecified atom stereocenters. The fraction of sp³-hybridized carbons (Fsp3) is 0.378. The largest absolute Gasteiger partial charge is 0.481 e. The zero-order valence-electron chi connectivity index (χ0n) is 29.1. The second kappa shape index (κ2) is 16.7. The summed E-state index contributed by atoms with van der Waals surface area (Å²) in [4.78, 5) is 38.1. The first kappa shape index (κ1) is 38.2. The van der Waals surface area contributed by atoms with Gasteiger partial charge in [0, 0.05) is 87.2 Å². The van der Waals surface area contributed by atoms with Crippen LogP contribution in [0, 0.1) is 0 Å². The number of methoxy groups -OCH3 is 1. The maximum Gasteiger partial charge on any atom is 0.420 e. The molecule has 0 bridgehead atoms. The van der Waals surface area contributed by atoms with Crippen LogP contribution in [0.25, 0.3) is 22.5 Å². The zero-order chi connectivity index (χ0) is 37.7. The summed E-state index contributed by atoms with van der Waals surface area (Å²) in [6.07, 6.45) is 0.760. The van der Waals surface area contributed by atoms with E-state index in [2.05, 4.69) is 36.2 Å². The first-order chi connectivity index (χ1) is 25.4. The average molecular weight is 772 g/mol. The molecule has 2 fully saturated rings. The summed E-state index contributed by atoms with van der Waals surface area (Å²) < 4.78 is 49.4. The van der Waals surface area contributed by atoms with Crippen LogP contribution in [0.4, 0.5) is 24.7 Å². The molecule has 53 heavy (non-hydrogen) atoms. The van der Waals surface area contributed by atoms with Crippen molar-refractivity contribution in [2.75, 3.05) is 32.1 Å². The number of piperidine rings is 1. The summed E-state index contributed by atoms with van der Waals surface area (Å²) in [7, 11) is 1.52. The molecule has 16 heteroatoms. The van der Waals surface area contributed by atoms with Crippen LogP contribution >= 0.6 is 23.2 Å². The lowest BCUT2D eigenvalue weighted by atomic mass is 10.0. The summed E-state index contributed by atoms with van der Waals surface area (Å²) in [6.45, 7) is 3.67. The molecule has 1 atom stereocenters. The van der Waals surface area contributed by atoms with E-state index in [1.807, 2.05) is 12.1 Å². The fourth-order valence-electron chi connectivity index (χ4n) is 6.62. The van der Waals surface area contributed by atoms with E-state index in [1.165, 1.54) is 26.3 Å². The van der Waals surface area contributed by atoms with E-state index in [9.17, 15) is 22.8 Å². The Labute approximate surface area is 315 Å². The number of nitrogens with zero attached hydrogens (tertiary/aromatic N) is 4. The third-order valence-corrected chi connectivity index (χ3v) is 10.2. The van der Waals surface area contributed by atoms with E-state index < -0.39 is 17.6 Å². The third-order valence-electron chi connectivity index (χ3n) is 9.44. The van der Waals surface area contributed by atoms with Gasteiger partial charge in [-0.05, 0) is 49.1 Å². The molecule has 3 aromatic heterocycles. The molecule has 4 N–H and O–H groups in total. The van der Waals surface area contributed by atoms with Gasteiger partial charge in [0.05, 0.1) is 34.2 Å². The molecule has 11 nitrogen and oxygen atoms in total. The number of ether oxygens (including phenoxy) is 1. The Balaban J connectivity index is 1.21. The van der Waals surface area contributed by atoms with Crippen LogP contribution in [0.5, 0.6) is 5.88 Å². The zero-order valence-corrected chi connectivity index (χ0v) is 30.6. The Morgan fingerprint density at radius 3 is 2.45 bits per heavy atom. The smallest absolute Gasteiger partial charge is 0.420 e. The van der Waals surface area contributed by atoms with E-state index in [4.69, 9.17) is 27.9 Å². The Kier molecular flexibility index (Phi) is 12.0. The van der Waals surface area contributed by atoms with Crippen LogP contribution in [0.3, 0.4) is 0 Å². The highest BCUT2D eigenvalue weighted by atomic mass is 35.5. The molecule has 6 rings (SSSR count). The number of nitrogens with one attached hydrogen (secondary N) is 4. The number of halogens is 5. The summed E-state index contributed by atoms with van der Waals surface area (Å²) in [5.41, 5.74) is 1.88. The third kappa shape index (κ3) is 9.01. The van der Waals surface area contributed by atoms with Crippen LogP contribution in [-0.2, 0) is 28.9 Å². The Bertz CT molecular complexity index is 1970. The number of aromatic nitrogens is 3. The van der Waals surface area contributed by atoms with Gasteiger partial charge in [0.1, 0.15) is 11.4 Å². The summed E-state index contributed by atoms with van der Waals surface area (Å²) in [5.74, 6) is 0.0455. The molecule has 5 heterocycles. The number of hydrogen-bond donors (Lipinski definition) is 4. The van der Waals surface area contributed by atoms with Crippen molar-refractivity contribution >= 4 is 46.5 Å². The van der Waals surface area contributed by atoms with Gasteiger partial charge in [-0.15, -0.1) is 0 Å². The second-order valence-electron chi connectivity index (χ2n) is 13.0.